The number of rotatable bonds is 16. The molecule has 1 heterocycles. The molecule has 29 heavy (non-hydrogen) atoms. The van der Waals surface area contributed by atoms with Gasteiger partial charge in [-0.2, -0.15) is 0 Å². The van der Waals surface area contributed by atoms with Crippen molar-refractivity contribution in [3.8, 4) is 0 Å². The molecule has 0 aliphatic heterocycles. The summed E-state index contributed by atoms with van der Waals surface area (Å²) in [5, 5.41) is 0.965. The molecule has 0 saturated carbocycles. The number of carbonyl (C=O) groups is 2. The first-order chi connectivity index (χ1) is 13.7. The van der Waals surface area contributed by atoms with Crippen LogP contribution in [0.25, 0.3) is 0 Å². The molecule has 1 unspecified atom stereocenters. The number of unbranched alkanes of at least 4 members (excludes halogenated alkanes) is 9. The van der Waals surface area contributed by atoms with Crippen LogP contribution >= 0.6 is 0 Å². The van der Waals surface area contributed by atoms with E-state index in [2.05, 4.69) is 26.6 Å². The van der Waals surface area contributed by atoms with Gasteiger partial charge in [-0.05, 0) is 12.5 Å². The lowest BCUT2D eigenvalue weighted by Crippen LogP contribution is -2.36. The van der Waals surface area contributed by atoms with E-state index < -0.39 is 14.2 Å². The van der Waals surface area contributed by atoms with Crippen molar-refractivity contribution in [3.63, 3.8) is 0 Å². The molecule has 0 aromatic carbocycles. The zero-order chi connectivity index (χ0) is 21.7. The minimum absolute atomic E-state index is 0.159. The molecular formula is C24H42O4Si. The van der Waals surface area contributed by atoms with Crippen LogP contribution in [0.2, 0.25) is 19.6 Å². The molecule has 0 amide bonds. The third-order valence-corrected chi connectivity index (χ3v) is 7.00. The van der Waals surface area contributed by atoms with Gasteiger partial charge in [-0.1, -0.05) is 84.4 Å². The first-order valence-corrected chi connectivity index (χ1v) is 15.0. The van der Waals surface area contributed by atoms with Crippen LogP contribution < -0.4 is 5.38 Å². The van der Waals surface area contributed by atoms with Crippen LogP contribution in [0.1, 0.15) is 103 Å². The largest absolute Gasteiger partial charge is 0.474 e. The van der Waals surface area contributed by atoms with Gasteiger partial charge in [0.2, 0.25) is 0 Å². The van der Waals surface area contributed by atoms with Crippen molar-refractivity contribution in [1.29, 1.82) is 0 Å². The van der Waals surface area contributed by atoms with Gasteiger partial charge in [0.15, 0.2) is 0 Å². The molecule has 0 bridgehead atoms. The van der Waals surface area contributed by atoms with Crippen molar-refractivity contribution in [3.05, 3.63) is 17.9 Å². The van der Waals surface area contributed by atoms with Crippen molar-refractivity contribution >= 4 is 25.2 Å². The molecule has 0 saturated heterocycles. The number of hydrogen-bond donors (Lipinski definition) is 0. The van der Waals surface area contributed by atoms with Gasteiger partial charge in [0.1, 0.15) is 20.0 Å². The Kier molecular flexibility index (Phi) is 12.2. The summed E-state index contributed by atoms with van der Waals surface area (Å²) in [7, 11) is -1.58. The van der Waals surface area contributed by atoms with Crippen LogP contribution in [0.3, 0.4) is 0 Å². The molecule has 0 radical (unpaired) electrons. The maximum Gasteiger partial charge on any atom is 0.303 e. The standard InChI is InChI=1S/C24H42O4Si/c1-6-7-8-9-10-11-12-13-14-15-16-22(26)18-23(28-20(2)25)21-17-24(27-19-21)29(3,4)5/h17,19,23H,6-16,18H2,1-5H3. The van der Waals surface area contributed by atoms with Crippen molar-refractivity contribution in [2.75, 3.05) is 0 Å². The second-order valence-electron chi connectivity index (χ2n) is 9.27. The quantitative estimate of drug-likeness (QED) is 0.169. The molecule has 0 aliphatic rings. The summed E-state index contributed by atoms with van der Waals surface area (Å²) in [6.45, 7) is 10.2. The normalized spacial score (nSPS) is 12.7. The smallest absolute Gasteiger partial charge is 0.303 e. The van der Waals surface area contributed by atoms with Gasteiger partial charge >= 0.3 is 5.97 Å². The Morgan fingerprint density at radius 2 is 1.52 bits per heavy atom. The highest BCUT2D eigenvalue weighted by atomic mass is 28.3. The van der Waals surface area contributed by atoms with Gasteiger partial charge in [0, 0.05) is 25.3 Å². The van der Waals surface area contributed by atoms with Crippen molar-refractivity contribution in [2.45, 2.75) is 117 Å². The summed E-state index contributed by atoms with van der Waals surface area (Å²) in [6.07, 6.45) is 14.4. The summed E-state index contributed by atoms with van der Waals surface area (Å²) in [5.74, 6) is -0.205. The van der Waals surface area contributed by atoms with Crippen molar-refractivity contribution in [2.24, 2.45) is 0 Å². The van der Waals surface area contributed by atoms with E-state index >= 15 is 0 Å². The Morgan fingerprint density at radius 1 is 0.966 bits per heavy atom. The lowest BCUT2D eigenvalue weighted by atomic mass is 10.0. The maximum absolute atomic E-state index is 12.4. The third-order valence-electron chi connectivity index (χ3n) is 5.26. The van der Waals surface area contributed by atoms with Crippen LogP contribution in [0.5, 0.6) is 0 Å². The molecule has 1 aromatic heterocycles. The predicted octanol–water partition coefficient (Wildman–Crippen LogP) is 6.70. The number of hydrogen-bond acceptors (Lipinski definition) is 4. The van der Waals surface area contributed by atoms with E-state index in [9.17, 15) is 9.59 Å². The van der Waals surface area contributed by atoms with Gasteiger partial charge in [0.25, 0.3) is 0 Å². The Bertz CT molecular complexity index is 600. The van der Waals surface area contributed by atoms with E-state index in [0.29, 0.717) is 6.42 Å². The van der Waals surface area contributed by atoms with Gasteiger partial charge in [-0.3, -0.25) is 9.59 Å². The highest BCUT2D eigenvalue weighted by Crippen LogP contribution is 2.24. The van der Waals surface area contributed by atoms with Crippen molar-refractivity contribution in [1.82, 2.24) is 0 Å². The Hall–Kier alpha value is -1.36. The number of esters is 1. The summed E-state index contributed by atoms with van der Waals surface area (Å²) >= 11 is 0. The second kappa shape index (κ2) is 13.8. The van der Waals surface area contributed by atoms with E-state index in [-0.39, 0.29) is 18.2 Å². The lowest BCUT2D eigenvalue weighted by molar-refractivity contribution is -0.148. The predicted molar refractivity (Wildman–Crippen MR) is 122 cm³/mol. The highest BCUT2D eigenvalue weighted by Gasteiger charge is 2.26. The molecule has 5 heteroatoms. The van der Waals surface area contributed by atoms with E-state index in [1.54, 1.807) is 6.26 Å². The minimum Gasteiger partial charge on any atom is -0.474 e. The van der Waals surface area contributed by atoms with Crippen molar-refractivity contribution < 1.29 is 18.7 Å². The van der Waals surface area contributed by atoms with Crippen LogP contribution in [0, 0.1) is 0 Å². The zero-order valence-corrected chi connectivity index (χ0v) is 20.4. The van der Waals surface area contributed by atoms with E-state index in [1.165, 1.54) is 58.3 Å². The topological polar surface area (TPSA) is 56.5 Å². The lowest BCUT2D eigenvalue weighted by Gasteiger charge is -2.15. The van der Waals surface area contributed by atoms with Crippen LogP contribution in [-0.4, -0.2) is 19.8 Å². The SMILES string of the molecule is CCCCCCCCCCCCC(=O)CC(OC(C)=O)c1coc([Si](C)(C)C)c1. The summed E-state index contributed by atoms with van der Waals surface area (Å²) in [4.78, 5) is 23.9. The molecule has 1 aromatic rings. The Labute approximate surface area is 178 Å². The number of Topliss-reactive ketones (excluding diaryl/α,β-unsaturated/α-hetero) is 1. The number of furan rings is 1. The Balaban J connectivity index is 2.33. The fraction of sp³-hybridized carbons (Fsp3) is 0.750. The van der Waals surface area contributed by atoms with E-state index in [1.807, 2.05) is 6.07 Å². The van der Waals surface area contributed by atoms with Crippen LogP contribution in [0.4, 0.5) is 0 Å². The molecule has 1 atom stereocenters. The molecular weight excluding hydrogens is 380 g/mol. The van der Waals surface area contributed by atoms with Gasteiger partial charge < -0.3 is 9.15 Å². The number of ether oxygens (including phenoxy) is 1. The third kappa shape index (κ3) is 11.4. The second-order valence-corrected chi connectivity index (χ2v) is 14.3. The average Bonchev–Trinajstić information content (AvgIpc) is 3.13. The van der Waals surface area contributed by atoms with Gasteiger partial charge in [-0.15, -0.1) is 0 Å². The summed E-state index contributed by atoms with van der Waals surface area (Å²) < 4.78 is 11.1. The average molecular weight is 423 g/mol. The summed E-state index contributed by atoms with van der Waals surface area (Å²) in [5.41, 5.74) is 0.800. The van der Waals surface area contributed by atoms with Gasteiger partial charge in [0.05, 0.1) is 11.6 Å². The van der Waals surface area contributed by atoms with E-state index in [0.717, 1.165) is 23.8 Å². The fourth-order valence-electron chi connectivity index (χ4n) is 3.46. The maximum atomic E-state index is 12.4. The molecule has 0 fully saturated rings. The van der Waals surface area contributed by atoms with Gasteiger partial charge in [-0.25, -0.2) is 0 Å². The molecule has 0 N–H and O–H groups in total. The fourth-order valence-corrected chi connectivity index (χ4v) is 4.47. The molecule has 4 nitrogen and oxygen atoms in total. The van der Waals surface area contributed by atoms with E-state index in [4.69, 9.17) is 9.15 Å². The molecule has 166 valence electrons. The first kappa shape index (κ1) is 25.7. The molecule has 0 aliphatic carbocycles. The monoisotopic (exact) mass is 422 g/mol. The highest BCUT2D eigenvalue weighted by molar-refractivity contribution is 6.87. The minimum atomic E-state index is -1.58. The Morgan fingerprint density at radius 3 is 2.00 bits per heavy atom. The molecule has 1 rings (SSSR count). The van der Waals surface area contributed by atoms with Crippen LogP contribution in [-0.2, 0) is 14.3 Å². The van der Waals surface area contributed by atoms with Crippen LogP contribution in [0.15, 0.2) is 16.7 Å². The summed E-state index contributed by atoms with van der Waals surface area (Å²) in [6, 6.07) is 1.97. The zero-order valence-electron chi connectivity index (χ0n) is 19.4. The number of ketones is 1. The number of carbonyl (C=O) groups excluding carboxylic acids is 2. The molecule has 0 spiro atoms. The first-order valence-electron chi connectivity index (χ1n) is 11.5.